The van der Waals surface area contributed by atoms with E-state index in [0.717, 1.165) is 18.7 Å². The van der Waals surface area contributed by atoms with Crippen LogP contribution in [0.15, 0.2) is 0 Å². The summed E-state index contributed by atoms with van der Waals surface area (Å²) in [4.78, 5) is 10.6. The van der Waals surface area contributed by atoms with Gasteiger partial charge in [0.05, 0.1) is 0 Å². The Kier molecular flexibility index (Phi) is 3.71. The molecule has 2 rings (SSSR count). The lowest BCUT2D eigenvalue weighted by Gasteiger charge is -2.12. The van der Waals surface area contributed by atoms with Gasteiger partial charge in [-0.3, -0.25) is 4.79 Å². The van der Waals surface area contributed by atoms with Crippen molar-refractivity contribution < 1.29 is 9.90 Å². The summed E-state index contributed by atoms with van der Waals surface area (Å²) in [6.07, 6.45) is 4.93. The molecule has 1 saturated carbocycles. The number of carbonyl (C=O) groups is 1. The molecule has 1 aliphatic carbocycles. The number of aromatic nitrogens is 4. The molecule has 17 heavy (non-hydrogen) atoms. The van der Waals surface area contributed by atoms with Gasteiger partial charge < -0.3 is 5.11 Å². The second-order valence-electron chi connectivity index (χ2n) is 4.90. The van der Waals surface area contributed by atoms with Gasteiger partial charge in [0.25, 0.3) is 0 Å². The van der Waals surface area contributed by atoms with Crippen LogP contribution in [0.3, 0.4) is 0 Å². The number of rotatable bonds is 5. The van der Waals surface area contributed by atoms with E-state index in [1.807, 2.05) is 6.92 Å². The highest BCUT2D eigenvalue weighted by molar-refractivity contribution is 5.66. The fourth-order valence-corrected chi connectivity index (χ4v) is 2.48. The highest BCUT2D eigenvalue weighted by Gasteiger charge is 2.23. The monoisotopic (exact) mass is 238 g/mol. The van der Waals surface area contributed by atoms with Gasteiger partial charge in [-0.1, -0.05) is 19.8 Å². The lowest BCUT2D eigenvalue weighted by molar-refractivity contribution is -0.138. The van der Waals surface area contributed by atoms with E-state index in [1.54, 1.807) is 4.68 Å². The van der Waals surface area contributed by atoms with E-state index < -0.39 is 5.97 Å². The summed E-state index contributed by atoms with van der Waals surface area (Å²) in [5.74, 6) is 0.672. The number of carboxylic acids is 1. The predicted molar refractivity (Wildman–Crippen MR) is 60.4 cm³/mol. The standard InChI is InChI=1S/C11H18N4O2/c1-8(6-10(16)17)7-15-11(12-13-14-15)9-4-2-3-5-9/h8-9H,2-7H2,1H3,(H,16,17). The van der Waals surface area contributed by atoms with E-state index in [9.17, 15) is 4.79 Å². The molecule has 0 spiro atoms. The number of hydrogen-bond donors (Lipinski definition) is 1. The lowest BCUT2D eigenvalue weighted by atomic mass is 10.1. The van der Waals surface area contributed by atoms with Crippen LogP contribution in [0.2, 0.25) is 0 Å². The Hall–Kier alpha value is -1.46. The van der Waals surface area contributed by atoms with Crippen molar-refractivity contribution in [1.82, 2.24) is 20.2 Å². The molecule has 1 N–H and O–H groups in total. The Labute approximate surface area is 100 Å². The van der Waals surface area contributed by atoms with Gasteiger partial charge in [-0.15, -0.1) is 5.10 Å². The molecule has 1 heterocycles. The van der Waals surface area contributed by atoms with Crippen LogP contribution in [0.5, 0.6) is 0 Å². The van der Waals surface area contributed by atoms with Crippen LogP contribution in [-0.2, 0) is 11.3 Å². The zero-order valence-electron chi connectivity index (χ0n) is 10.0. The number of tetrazole rings is 1. The highest BCUT2D eigenvalue weighted by atomic mass is 16.4. The molecule has 0 radical (unpaired) electrons. The first-order valence-electron chi connectivity index (χ1n) is 6.14. The van der Waals surface area contributed by atoms with Crippen molar-refractivity contribution in [1.29, 1.82) is 0 Å². The van der Waals surface area contributed by atoms with Crippen molar-refractivity contribution in [3.05, 3.63) is 5.82 Å². The van der Waals surface area contributed by atoms with E-state index in [-0.39, 0.29) is 12.3 Å². The molecular formula is C11H18N4O2. The minimum atomic E-state index is -0.770. The zero-order valence-corrected chi connectivity index (χ0v) is 10.0. The van der Waals surface area contributed by atoms with Crippen molar-refractivity contribution in [2.24, 2.45) is 5.92 Å². The van der Waals surface area contributed by atoms with Crippen molar-refractivity contribution in [2.75, 3.05) is 0 Å². The first-order valence-corrected chi connectivity index (χ1v) is 6.14. The molecule has 0 amide bonds. The summed E-state index contributed by atoms with van der Waals surface area (Å²) in [7, 11) is 0. The van der Waals surface area contributed by atoms with E-state index >= 15 is 0 Å². The van der Waals surface area contributed by atoms with Gasteiger partial charge in [0.15, 0.2) is 5.82 Å². The molecule has 1 fully saturated rings. The highest BCUT2D eigenvalue weighted by Crippen LogP contribution is 2.32. The lowest BCUT2D eigenvalue weighted by Crippen LogP contribution is -2.16. The van der Waals surface area contributed by atoms with Crippen molar-refractivity contribution >= 4 is 5.97 Å². The third-order valence-corrected chi connectivity index (χ3v) is 3.29. The minimum absolute atomic E-state index is 0.0520. The zero-order chi connectivity index (χ0) is 12.3. The maximum absolute atomic E-state index is 10.6. The fourth-order valence-electron chi connectivity index (χ4n) is 2.48. The minimum Gasteiger partial charge on any atom is -0.481 e. The molecule has 1 atom stereocenters. The number of aliphatic carboxylic acids is 1. The second kappa shape index (κ2) is 5.25. The van der Waals surface area contributed by atoms with Crippen LogP contribution >= 0.6 is 0 Å². The van der Waals surface area contributed by atoms with Crippen molar-refractivity contribution in [2.45, 2.75) is 51.5 Å². The molecule has 1 unspecified atom stereocenters. The average molecular weight is 238 g/mol. The predicted octanol–water partition coefficient (Wildman–Crippen LogP) is 1.44. The van der Waals surface area contributed by atoms with Gasteiger partial charge in [-0.25, -0.2) is 4.68 Å². The summed E-state index contributed by atoms with van der Waals surface area (Å²) < 4.78 is 1.78. The molecule has 0 saturated heterocycles. The molecule has 0 bridgehead atoms. The number of hydrogen-bond acceptors (Lipinski definition) is 4. The maximum Gasteiger partial charge on any atom is 0.303 e. The summed E-state index contributed by atoms with van der Waals surface area (Å²) in [5.41, 5.74) is 0. The Morgan fingerprint density at radius 1 is 1.53 bits per heavy atom. The van der Waals surface area contributed by atoms with Crippen molar-refractivity contribution in [3.63, 3.8) is 0 Å². The molecule has 0 aromatic carbocycles. The van der Waals surface area contributed by atoms with Crippen LogP contribution in [-0.4, -0.2) is 31.3 Å². The topological polar surface area (TPSA) is 80.9 Å². The van der Waals surface area contributed by atoms with Crippen LogP contribution in [0.25, 0.3) is 0 Å². The number of nitrogens with zero attached hydrogens (tertiary/aromatic N) is 4. The SMILES string of the molecule is CC(CC(=O)O)Cn1nnnc1C1CCCC1. The first kappa shape index (κ1) is 12.0. The molecule has 6 nitrogen and oxygen atoms in total. The molecule has 1 aliphatic rings. The van der Waals surface area contributed by atoms with Crippen LogP contribution in [0, 0.1) is 5.92 Å². The first-order chi connectivity index (χ1) is 8.16. The van der Waals surface area contributed by atoms with Gasteiger partial charge >= 0.3 is 5.97 Å². The Morgan fingerprint density at radius 3 is 2.88 bits per heavy atom. The normalized spacial score (nSPS) is 18.4. The van der Waals surface area contributed by atoms with Crippen molar-refractivity contribution in [3.8, 4) is 0 Å². The van der Waals surface area contributed by atoms with Gasteiger partial charge in [-0.05, 0) is 29.2 Å². The van der Waals surface area contributed by atoms with E-state index in [2.05, 4.69) is 15.5 Å². The summed E-state index contributed by atoms with van der Waals surface area (Å²) in [6, 6.07) is 0. The number of carboxylic acid groups (broad SMARTS) is 1. The molecule has 94 valence electrons. The third-order valence-electron chi connectivity index (χ3n) is 3.29. The molecule has 0 aliphatic heterocycles. The van der Waals surface area contributed by atoms with Gasteiger partial charge in [0.2, 0.25) is 0 Å². The summed E-state index contributed by atoms with van der Waals surface area (Å²) in [6.45, 7) is 2.50. The fraction of sp³-hybridized carbons (Fsp3) is 0.818. The van der Waals surface area contributed by atoms with E-state index in [4.69, 9.17) is 5.11 Å². The van der Waals surface area contributed by atoms with Gasteiger partial charge in [0.1, 0.15) is 0 Å². The quantitative estimate of drug-likeness (QED) is 0.839. The van der Waals surface area contributed by atoms with Crippen LogP contribution < -0.4 is 0 Å². The van der Waals surface area contributed by atoms with Gasteiger partial charge in [-0.2, -0.15) is 0 Å². The summed E-state index contributed by atoms with van der Waals surface area (Å²) in [5, 5.41) is 20.5. The Balaban J connectivity index is 2.00. The Morgan fingerprint density at radius 2 is 2.24 bits per heavy atom. The maximum atomic E-state index is 10.6. The molecule has 6 heteroatoms. The van der Waals surface area contributed by atoms with Crippen LogP contribution in [0.1, 0.15) is 50.8 Å². The molecular weight excluding hydrogens is 220 g/mol. The van der Waals surface area contributed by atoms with E-state index in [0.29, 0.717) is 12.5 Å². The Bertz CT molecular complexity index is 385. The smallest absolute Gasteiger partial charge is 0.303 e. The van der Waals surface area contributed by atoms with Gasteiger partial charge in [0, 0.05) is 18.9 Å². The molecule has 1 aromatic heterocycles. The largest absolute Gasteiger partial charge is 0.481 e. The third kappa shape index (κ3) is 3.01. The van der Waals surface area contributed by atoms with E-state index in [1.165, 1.54) is 12.8 Å². The van der Waals surface area contributed by atoms with Crippen LogP contribution in [0.4, 0.5) is 0 Å². The molecule has 1 aromatic rings. The second-order valence-corrected chi connectivity index (χ2v) is 4.90. The average Bonchev–Trinajstić information content (AvgIpc) is 2.84. The summed E-state index contributed by atoms with van der Waals surface area (Å²) >= 11 is 0.